The Hall–Kier alpha value is -2.55. The normalized spacial score (nSPS) is 22.2. The van der Waals surface area contributed by atoms with Gasteiger partial charge in [0, 0.05) is 23.6 Å². The van der Waals surface area contributed by atoms with Gasteiger partial charge in [-0.1, -0.05) is 68.5 Å². The van der Waals surface area contributed by atoms with Crippen LogP contribution in [0.25, 0.3) is 11.4 Å². The molecule has 2 N–H and O–H groups in total. The molecule has 5 rings (SSSR count). The van der Waals surface area contributed by atoms with E-state index in [9.17, 15) is 0 Å². The van der Waals surface area contributed by atoms with Crippen molar-refractivity contribution in [2.45, 2.75) is 44.1 Å². The van der Waals surface area contributed by atoms with E-state index in [1.165, 1.54) is 48.8 Å². The second-order valence-corrected chi connectivity index (χ2v) is 7.86. The van der Waals surface area contributed by atoms with Gasteiger partial charge in [-0.3, -0.25) is 0 Å². The number of nitrogen functional groups attached to an aromatic ring is 1. The van der Waals surface area contributed by atoms with Crippen LogP contribution in [0.15, 0.2) is 60.9 Å². The lowest BCUT2D eigenvalue weighted by molar-refractivity contribution is 0.264. The molecule has 2 aliphatic rings. The van der Waals surface area contributed by atoms with Gasteiger partial charge in [0.1, 0.15) is 5.82 Å². The van der Waals surface area contributed by atoms with Crippen LogP contribution in [0.1, 0.15) is 49.7 Å². The summed E-state index contributed by atoms with van der Waals surface area (Å²) in [6.45, 7) is 0. The number of anilines is 1. The fourth-order valence-corrected chi connectivity index (χ4v) is 5.17. The number of imidazole rings is 1. The van der Waals surface area contributed by atoms with Gasteiger partial charge in [-0.05, 0) is 35.6 Å². The lowest BCUT2D eigenvalue weighted by Gasteiger charge is -2.38. The molecule has 1 unspecified atom stereocenters. The Balaban J connectivity index is 1.73. The molecule has 26 heavy (non-hydrogen) atoms. The number of nitrogens with zero attached hydrogens (tertiary/aromatic N) is 2. The zero-order valence-corrected chi connectivity index (χ0v) is 15.1. The van der Waals surface area contributed by atoms with E-state index in [4.69, 9.17) is 10.7 Å². The van der Waals surface area contributed by atoms with Crippen LogP contribution in [-0.2, 0) is 5.54 Å². The predicted molar refractivity (Wildman–Crippen MR) is 106 cm³/mol. The first-order chi connectivity index (χ1) is 12.8. The van der Waals surface area contributed by atoms with Gasteiger partial charge in [0.2, 0.25) is 0 Å². The van der Waals surface area contributed by atoms with Crippen molar-refractivity contribution >= 4 is 5.69 Å². The van der Waals surface area contributed by atoms with Crippen molar-refractivity contribution in [3.05, 3.63) is 72.1 Å². The lowest BCUT2D eigenvalue weighted by Crippen LogP contribution is -2.36. The molecule has 132 valence electrons. The van der Waals surface area contributed by atoms with Crippen LogP contribution in [-0.4, -0.2) is 9.55 Å². The fourth-order valence-electron chi connectivity index (χ4n) is 5.17. The molecule has 3 nitrogen and oxygen atoms in total. The topological polar surface area (TPSA) is 43.8 Å². The second kappa shape index (κ2) is 6.01. The van der Waals surface area contributed by atoms with Gasteiger partial charge in [0.15, 0.2) is 0 Å². The molecule has 0 radical (unpaired) electrons. The summed E-state index contributed by atoms with van der Waals surface area (Å²) in [4.78, 5) is 4.71. The van der Waals surface area contributed by atoms with E-state index in [0.717, 1.165) is 23.9 Å². The summed E-state index contributed by atoms with van der Waals surface area (Å²) < 4.78 is 2.41. The van der Waals surface area contributed by atoms with Gasteiger partial charge in [0.05, 0.1) is 5.54 Å². The third kappa shape index (κ3) is 2.23. The lowest BCUT2D eigenvalue weighted by atomic mass is 9.73. The van der Waals surface area contributed by atoms with Gasteiger partial charge in [-0.25, -0.2) is 4.98 Å². The molecule has 0 amide bonds. The van der Waals surface area contributed by atoms with Crippen LogP contribution in [0.2, 0.25) is 0 Å². The van der Waals surface area contributed by atoms with E-state index in [0.29, 0.717) is 0 Å². The molecule has 1 atom stereocenters. The van der Waals surface area contributed by atoms with Crippen LogP contribution < -0.4 is 5.73 Å². The molecule has 0 bridgehead atoms. The number of hydrogen-bond donors (Lipinski definition) is 1. The van der Waals surface area contributed by atoms with Crippen LogP contribution in [0.4, 0.5) is 5.69 Å². The van der Waals surface area contributed by atoms with Gasteiger partial charge in [-0.2, -0.15) is 0 Å². The minimum absolute atomic E-state index is 0.169. The summed E-state index contributed by atoms with van der Waals surface area (Å²) in [5, 5.41) is 0. The first kappa shape index (κ1) is 15.7. The minimum atomic E-state index is -0.169. The number of nitrogens with two attached hydrogens (primary N) is 1. The number of aromatic nitrogens is 2. The van der Waals surface area contributed by atoms with Crippen molar-refractivity contribution in [1.82, 2.24) is 9.55 Å². The SMILES string of the molecule is Nc1ccc(C2(CC3CCCCC3)c3ccccc3-c3nccn32)cc1. The zero-order chi connectivity index (χ0) is 17.6. The van der Waals surface area contributed by atoms with E-state index in [1.54, 1.807) is 0 Å². The van der Waals surface area contributed by atoms with Gasteiger partial charge >= 0.3 is 0 Å². The summed E-state index contributed by atoms with van der Waals surface area (Å²) >= 11 is 0. The number of fused-ring (bicyclic) bond motifs is 3. The highest BCUT2D eigenvalue weighted by Gasteiger charge is 2.46. The zero-order valence-electron chi connectivity index (χ0n) is 15.1. The molecule has 1 fully saturated rings. The van der Waals surface area contributed by atoms with E-state index < -0.39 is 0 Å². The predicted octanol–water partition coefficient (Wildman–Crippen LogP) is 5.21. The monoisotopic (exact) mass is 343 g/mol. The maximum Gasteiger partial charge on any atom is 0.141 e. The Kier molecular flexibility index (Phi) is 3.63. The first-order valence-electron chi connectivity index (χ1n) is 9.79. The Morgan fingerprint density at radius 1 is 1.00 bits per heavy atom. The summed E-state index contributed by atoms with van der Waals surface area (Å²) in [5.74, 6) is 1.84. The van der Waals surface area contributed by atoms with Crippen LogP contribution in [0.3, 0.4) is 0 Å². The van der Waals surface area contributed by atoms with Crippen LogP contribution in [0.5, 0.6) is 0 Å². The third-order valence-corrected chi connectivity index (χ3v) is 6.36. The van der Waals surface area contributed by atoms with Crippen molar-refractivity contribution in [3.63, 3.8) is 0 Å². The van der Waals surface area contributed by atoms with Crippen molar-refractivity contribution in [3.8, 4) is 11.4 Å². The number of hydrogen-bond acceptors (Lipinski definition) is 2. The molecule has 1 aliphatic carbocycles. The second-order valence-electron chi connectivity index (χ2n) is 7.86. The third-order valence-electron chi connectivity index (χ3n) is 6.36. The molecule has 0 saturated heterocycles. The average Bonchev–Trinajstić information content (AvgIpc) is 3.26. The Labute approximate surface area is 154 Å². The Morgan fingerprint density at radius 2 is 1.77 bits per heavy atom. The molecular formula is C23H25N3. The van der Waals surface area contributed by atoms with Crippen LogP contribution in [0, 0.1) is 5.92 Å². The molecule has 0 spiro atoms. The van der Waals surface area contributed by atoms with Gasteiger partial charge < -0.3 is 10.3 Å². The van der Waals surface area contributed by atoms with Gasteiger partial charge in [-0.15, -0.1) is 0 Å². The van der Waals surface area contributed by atoms with E-state index in [1.807, 2.05) is 18.3 Å². The molecule has 2 aromatic carbocycles. The largest absolute Gasteiger partial charge is 0.399 e. The molecule has 1 aliphatic heterocycles. The smallest absolute Gasteiger partial charge is 0.141 e. The molecule has 2 heterocycles. The summed E-state index contributed by atoms with van der Waals surface area (Å²) in [5.41, 5.74) is 10.6. The average molecular weight is 343 g/mol. The summed E-state index contributed by atoms with van der Waals surface area (Å²) in [7, 11) is 0. The van der Waals surface area contributed by atoms with Crippen molar-refractivity contribution in [1.29, 1.82) is 0 Å². The van der Waals surface area contributed by atoms with Crippen molar-refractivity contribution < 1.29 is 0 Å². The minimum Gasteiger partial charge on any atom is -0.399 e. The first-order valence-corrected chi connectivity index (χ1v) is 9.79. The van der Waals surface area contributed by atoms with E-state index in [2.05, 4.69) is 47.2 Å². The highest BCUT2D eigenvalue weighted by Crippen LogP contribution is 2.51. The summed E-state index contributed by atoms with van der Waals surface area (Å²) in [6, 6.07) is 17.3. The fraction of sp³-hybridized carbons (Fsp3) is 0.348. The summed E-state index contributed by atoms with van der Waals surface area (Å²) in [6.07, 6.45) is 12.0. The van der Waals surface area contributed by atoms with Gasteiger partial charge in [0.25, 0.3) is 0 Å². The van der Waals surface area contributed by atoms with E-state index in [-0.39, 0.29) is 5.54 Å². The number of rotatable bonds is 3. The molecule has 3 aromatic rings. The maximum atomic E-state index is 6.00. The van der Waals surface area contributed by atoms with Crippen LogP contribution >= 0.6 is 0 Å². The number of benzene rings is 2. The highest BCUT2D eigenvalue weighted by molar-refractivity contribution is 5.71. The Bertz CT molecular complexity index is 919. The standard InChI is InChI=1S/C23H25N3/c24-19-12-10-18(11-13-19)23(16-17-6-2-1-3-7-17)21-9-5-4-8-20(21)22-25-14-15-26(22)23/h4-5,8-15,17H,1-3,6-7,16,24H2. The Morgan fingerprint density at radius 3 is 2.58 bits per heavy atom. The van der Waals surface area contributed by atoms with Crippen molar-refractivity contribution in [2.75, 3.05) is 5.73 Å². The molecule has 1 aromatic heterocycles. The highest BCUT2D eigenvalue weighted by atomic mass is 15.2. The molecule has 3 heteroatoms. The quantitative estimate of drug-likeness (QED) is 0.664. The molecule has 1 saturated carbocycles. The van der Waals surface area contributed by atoms with Crippen molar-refractivity contribution in [2.24, 2.45) is 5.92 Å². The van der Waals surface area contributed by atoms with E-state index >= 15 is 0 Å². The maximum absolute atomic E-state index is 6.00. The molecular weight excluding hydrogens is 318 g/mol.